The molecule has 8 nitrogen and oxygen atoms in total. The molecular formula is C24H30N4O4. The lowest BCUT2D eigenvalue weighted by atomic mass is 10.1. The molecular weight excluding hydrogens is 408 g/mol. The Morgan fingerprint density at radius 3 is 1.69 bits per heavy atom. The molecule has 0 aliphatic carbocycles. The van der Waals surface area contributed by atoms with Gasteiger partial charge in [-0.15, -0.1) is 0 Å². The highest BCUT2D eigenvalue weighted by Gasteiger charge is 2.10. The van der Waals surface area contributed by atoms with Crippen molar-refractivity contribution >= 4 is 24.0 Å². The Morgan fingerprint density at radius 1 is 0.875 bits per heavy atom. The number of amides is 2. The van der Waals surface area contributed by atoms with Crippen molar-refractivity contribution in [3.63, 3.8) is 0 Å². The maximum Gasteiger partial charge on any atom is 0.261 e. The summed E-state index contributed by atoms with van der Waals surface area (Å²) < 4.78 is 10.4. The summed E-state index contributed by atoms with van der Waals surface area (Å²) in [6, 6.07) is 10.7. The van der Waals surface area contributed by atoms with Gasteiger partial charge < -0.3 is 20.1 Å². The molecule has 0 fully saturated rings. The Kier molecular flexibility index (Phi) is 13.5. The van der Waals surface area contributed by atoms with E-state index < -0.39 is 11.8 Å². The van der Waals surface area contributed by atoms with Crippen LogP contribution in [0.1, 0.15) is 37.8 Å². The molecule has 0 aliphatic rings. The molecule has 32 heavy (non-hydrogen) atoms. The van der Waals surface area contributed by atoms with Gasteiger partial charge in [-0.2, -0.15) is 10.5 Å². The van der Waals surface area contributed by atoms with E-state index in [1.165, 1.54) is 12.2 Å². The lowest BCUT2D eigenvalue weighted by Gasteiger charge is -2.05. The molecule has 0 spiro atoms. The van der Waals surface area contributed by atoms with Crippen LogP contribution in [0.25, 0.3) is 12.2 Å². The Morgan fingerprint density at radius 2 is 1.31 bits per heavy atom. The largest absolute Gasteiger partial charge is 0.382 e. The second-order valence-electron chi connectivity index (χ2n) is 6.62. The first-order valence-electron chi connectivity index (χ1n) is 10.6. The topological polar surface area (TPSA) is 124 Å². The highest BCUT2D eigenvalue weighted by Crippen LogP contribution is 2.13. The number of hydrogen-bond donors (Lipinski definition) is 2. The molecule has 0 radical (unpaired) electrons. The minimum Gasteiger partial charge on any atom is -0.382 e. The standard InChI is InChI=1S/C24H30N4O4/c1-3-31-12-6-10-27-23(29)21(17-25)15-19-8-5-9-20(14-19)16-22(18-26)24(30)28-11-7-13-32-4-2/h5,8-9,14-16H,3-4,6-7,10-13H2,1-2H3,(H,27,29)(H,28,30)/b21-15+,22-16+. The van der Waals surface area contributed by atoms with Crippen molar-refractivity contribution in [2.75, 3.05) is 39.5 Å². The SMILES string of the molecule is CCOCCCNC(=O)/C(C#N)=C/c1cccc(/C=C(\C#N)C(=O)NCCCOCC)c1. The first-order valence-corrected chi connectivity index (χ1v) is 10.6. The number of carbonyl (C=O) groups is 2. The van der Waals surface area contributed by atoms with Gasteiger partial charge in [0.25, 0.3) is 11.8 Å². The molecule has 170 valence electrons. The fraction of sp³-hybridized carbons (Fsp3) is 0.417. The van der Waals surface area contributed by atoms with Gasteiger partial charge in [0.2, 0.25) is 0 Å². The molecule has 0 atom stereocenters. The molecule has 1 aromatic rings. The zero-order valence-electron chi connectivity index (χ0n) is 18.6. The van der Waals surface area contributed by atoms with Crippen LogP contribution in [0.15, 0.2) is 35.4 Å². The summed E-state index contributed by atoms with van der Waals surface area (Å²) in [5, 5.41) is 24.1. The molecule has 0 aromatic heterocycles. The second-order valence-corrected chi connectivity index (χ2v) is 6.62. The number of rotatable bonds is 14. The van der Waals surface area contributed by atoms with Crippen LogP contribution in [0.5, 0.6) is 0 Å². The summed E-state index contributed by atoms with van der Waals surface area (Å²) in [4.78, 5) is 24.4. The molecule has 0 bridgehead atoms. The number of benzene rings is 1. The number of nitrogens with one attached hydrogen (secondary N) is 2. The van der Waals surface area contributed by atoms with Gasteiger partial charge in [-0.1, -0.05) is 18.2 Å². The lowest BCUT2D eigenvalue weighted by Crippen LogP contribution is -2.26. The van der Waals surface area contributed by atoms with Crippen molar-refractivity contribution in [3.8, 4) is 12.1 Å². The predicted octanol–water partition coefficient (Wildman–Crippen LogP) is 2.59. The molecule has 8 heteroatoms. The van der Waals surface area contributed by atoms with Crippen LogP contribution in [0, 0.1) is 22.7 Å². The summed E-state index contributed by atoms with van der Waals surface area (Å²) in [6.45, 7) is 6.92. The predicted molar refractivity (Wildman–Crippen MR) is 122 cm³/mol. The summed E-state index contributed by atoms with van der Waals surface area (Å²) in [6.07, 6.45) is 4.25. The number of ether oxygens (including phenoxy) is 2. The quantitative estimate of drug-likeness (QED) is 0.261. The molecule has 2 amide bonds. The average molecular weight is 439 g/mol. The number of nitriles is 2. The normalized spacial score (nSPS) is 11.4. The molecule has 0 unspecified atom stereocenters. The minimum absolute atomic E-state index is 0.0323. The van der Waals surface area contributed by atoms with Crippen LogP contribution in [0.4, 0.5) is 0 Å². The summed E-state index contributed by atoms with van der Waals surface area (Å²) in [5.41, 5.74) is 1.15. The minimum atomic E-state index is -0.464. The van der Waals surface area contributed by atoms with Crippen molar-refractivity contribution in [2.45, 2.75) is 26.7 Å². The van der Waals surface area contributed by atoms with Crippen molar-refractivity contribution < 1.29 is 19.1 Å². The van der Waals surface area contributed by atoms with Gasteiger partial charge in [-0.05, 0) is 56.0 Å². The van der Waals surface area contributed by atoms with Crippen molar-refractivity contribution in [2.24, 2.45) is 0 Å². The van der Waals surface area contributed by atoms with E-state index in [0.717, 1.165) is 0 Å². The smallest absolute Gasteiger partial charge is 0.261 e. The highest BCUT2D eigenvalue weighted by molar-refractivity contribution is 6.02. The lowest BCUT2D eigenvalue weighted by molar-refractivity contribution is -0.117. The monoisotopic (exact) mass is 438 g/mol. The van der Waals surface area contributed by atoms with E-state index in [1.54, 1.807) is 24.3 Å². The Labute approximate surface area is 189 Å². The highest BCUT2D eigenvalue weighted by atomic mass is 16.5. The van der Waals surface area contributed by atoms with Gasteiger partial charge in [0.1, 0.15) is 23.3 Å². The third-order valence-electron chi connectivity index (χ3n) is 4.17. The molecule has 1 rings (SSSR count). The van der Waals surface area contributed by atoms with Crippen LogP contribution in [-0.2, 0) is 19.1 Å². The fourth-order valence-electron chi connectivity index (χ4n) is 2.60. The van der Waals surface area contributed by atoms with Gasteiger partial charge in [-0.25, -0.2) is 0 Å². The Balaban J connectivity index is 2.81. The summed E-state index contributed by atoms with van der Waals surface area (Å²) >= 11 is 0. The first-order chi connectivity index (χ1) is 15.5. The number of hydrogen-bond acceptors (Lipinski definition) is 6. The molecule has 0 saturated heterocycles. The van der Waals surface area contributed by atoms with Crippen LogP contribution >= 0.6 is 0 Å². The zero-order chi connectivity index (χ0) is 23.6. The zero-order valence-corrected chi connectivity index (χ0v) is 18.6. The van der Waals surface area contributed by atoms with E-state index in [-0.39, 0.29) is 11.1 Å². The first kappa shape index (κ1) is 26.6. The van der Waals surface area contributed by atoms with Crippen molar-refractivity contribution in [3.05, 3.63) is 46.5 Å². The van der Waals surface area contributed by atoms with E-state index in [2.05, 4.69) is 10.6 Å². The van der Waals surface area contributed by atoms with E-state index in [9.17, 15) is 20.1 Å². The van der Waals surface area contributed by atoms with Crippen molar-refractivity contribution in [1.29, 1.82) is 10.5 Å². The second kappa shape index (κ2) is 16.3. The Hall–Kier alpha value is -3.46. The van der Waals surface area contributed by atoms with Crippen LogP contribution < -0.4 is 10.6 Å². The van der Waals surface area contributed by atoms with E-state index in [0.29, 0.717) is 63.5 Å². The van der Waals surface area contributed by atoms with Crippen LogP contribution in [0.2, 0.25) is 0 Å². The molecule has 0 saturated carbocycles. The maximum absolute atomic E-state index is 12.2. The van der Waals surface area contributed by atoms with Gasteiger partial charge in [0.15, 0.2) is 0 Å². The maximum atomic E-state index is 12.2. The molecule has 1 aromatic carbocycles. The van der Waals surface area contributed by atoms with Crippen LogP contribution in [0.3, 0.4) is 0 Å². The Bertz CT molecular complexity index is 825. The third kappa shape index (κ3) is 10.5. The van der Waals surface area contributed by atoms with Gasteiger partial charge in [0, 0.05) is 39.5 Å². The van der Waals surface area contributed by atoms with Gasteiger partial charge >= 0.3 is 0 Å². The van der Waals surface area contributed by atoms with Crippen LogP contribution in [-0.4, -0.2) is 51.3 Å². The fourth-order valence-corrected chi connectivity index (χ4v) is 2.60. The van der Waals surface area contributed by atoms with Gasteiger partial charge in [0.05, 0.1) is 0 Å². The average Bonchev–Trinajstić information content (AvgIpc) is 2.80. The number of carbonyl (C=O) groups excluding carboxylic acids is 2. The van der Waals surface area contributed by atoms with Crippen molar-refractivity contribution in [1.82, 2.24) is 10.6 Å². The molecule has 0 aliphatic heterocycles. The number of nitrogens with zero attached hydrogens (tertiary/aromatic N) is 2. The van der Waals surface area contributed by atoms with E-state index >= 15 is 0 Å². The molecule has 0 heterocycles. The summed E-state index contributed by atoms with van der Waals surface area (Å²) in [7, 11) is 0. The third-order valence-corrected chi connectivity index (χ3v) is 4.17. The van der Waals surface area contributed by atoms with E-state index in [4.69, 9.17) is 9.47 Å². The van der Waals surface area contributed by atoms with E-state index in [1.807, 2.05) is 26.0 Å². The summed E-state index contributed by atoms with van der Waals surface area (Å²) in [5.74, 6) is -0.928. The van der Waals surface area contributed by atoms with Gasteiger partial charge in [-0.3, -0.25) is 9.59 Å². The molecule has 2 N–H and O–H groups in total.